The van der Waals surface area contributed by atoms with E-state index in [0.29, 0.717) is 0 Å². The van der Waals surface area contributed by atoms with Crippen LogP contribution in [0.2, 0.25) is 0 Å². The summed E-state index contributed by atoms with van der Waals surface area (Å²) in [5.41, 5.74) is 10.9. The number of aromatic nitrogens is 1. The third kappa shape index (κ3) is 4.68. The van der Waals surface area contributed by atoms with Gasteiger partial charge in [0.15, 0.2) is 0 Å². The number of rotatable bonds is 5. The lowest BCUT2D eigenvalue weighted by atomic mass is 10.0. The van der Waals surface area contributed by atoms with Crippen LogP contribution in [0.25, 0.3) is 82.1 Å². The zero-order chi connectivity index (χ0) is 34.9. The van der Waals surface area contributed by atoms with Gasteiger partial charge in [0, 0.05) is 49.7 Å². The van der Waals surface area contributed by atoms with Crippen LogP contribution in [0, 0.1) is 0 Å². The summed E-state index contributed by atoms with van der Waals surface area (Å²) >= 11 is 0. The average Bonchev–Trinajstić information content (AvgIpc) is 3.78. The van der Waals surface area contributed by atoms with E-state index in [9.17, 15) is 0 Å². The van der Waals surface area contributed by atoms with E-state index in [-0.39, 0.29) is 0 Å². The summed E-state index contributed by atoms with van der Waals surface area (Å²) in [4.78, 5) is 2.35. The standard InChI is InChI=1S/C50H32N2O/c1-2-10-33(11-3-1)35-18-23-38(24-19-35)51(41-25-20-34-12-4-5-13-37(34)32-41)39-26-28-40(29-27-39)52-46-16-8-6-14-42(46)44-30-21-36-22-31-45-43-15-7-9-17-47(43)53-50(45)48(36)49(44)52/h1-32H. The first kappa shape index (κ1) is 29.6. The summed E-state index contributed by atoms with van der Waals surface area (Å²) in [5.74, 6) is 0. The Balaban J connectivity index is 1.11. The molecule has 0 saturated carbocycles. The first-order valence-electron chi connectivity index (χ1n) is 18.1. The fourth-order valence-electron chi connectivity index (χ4n) is 8.26. The van der Waals surface area contributed by atoms with Crippen molar-refractivity contribution in [1.82, 2.24) is 4.57 Å². The normalized spacial score (nSPS) is 11.8. The number of fused-ring (bicyclic) bond motifs is 10. The van der Waals surface area contributed by atoms with E-state index in [2.05, 4.69) is 198 Å². The molecule has 0 amide bonds. The van der Waals surface area contributed by atoms with Gasteiger partial charge in [-0.15, -0.1) is 0 Å². The van der Waals surface area contributed by atoms with E-state index < -0.39 is 0 Å². The summed E-state index contributed by atoms with van der Waals surface area (Å²) in [5, 5.41) is 9.43. The highest BCUT2D eigenvalue weighted by molar-refractivity contribution is 6.26. The second kappa shape index (κ2) is 11.7. The molecule has 0 aliphatic heterocycles. The summed E-state index contributed by atoms with van der Waals surface area (Å²) in [7, 11) is 0. The van der Waals surface area contributed by atoms with Crippen molar-refractivity contribution in [2.45, 2.75) is 0 Å². The minimum Gasteiger partial charge on any atom is -0.455 e. The van der Waals surface area contributed by atoms with Gasteiger partial charge in [-0.1, -0.05) is 127 Å². The molecule has 2 heterocycles. The average molecular weight is 677 g/mol. The van der Waals surface area contributed by atoms with Crippen molar-refractivity contribution in [1.29, 1.82) is 0 Å². The lowest BCUT2D eigenvalue weighted by Gasteiger charge is -2.26. The molecule has 0 spiro atoms. The molecular weight excluding hydrogens is 645 g/mol. The fourth-order valence-corrected chi connectivity index (χ4v) is 8.26. The minimum absolute atomic E-state index is 0.907. The maximum absolute atomic E-state index is 6.66. The Kier molecular flexibility index (Phi) is 6.55. The molecule has 11 aromatic rings. The molecule has 0 aliphatic carbocycles. The first-order valence-corrected chi connectivity index (χ1v) is 18.1. The van der Waals surface area contributed by atoms with Crippen molar-refractivity contribution in [2.75, 3.05) is 4.90 Å². The van der Waals surface area contributed by atoms with Crippen LogP contribution < -0.4 is 4.90 Å². The third-order valence-corrected chi connectivity index (χ3v) is 10.7. The molecule has 248 valence electrons. The largest absolute Gasteiger partial charge is 0.455 e. The molecular formula is C50H32N2O. The van der Waals surface area contributed by atoms with Crippen LogP contribution in [-0.2, 0) is 0 Å². The van der Waals surface area contributed by atoms with E-state index in [1.807, 2.05) is 6.07 Å². The van der Waals surface area contributed by atoms with Gasteiger partial charge >= 0.3 is 0 Å². The molecule has 0 unspecified atom stereocenters. The first-order chi connectivity index (χ1) is 26.3. The number of furan rings is 1. The lowest BCUT2D eigenvalue weighted by molar-refractivity contribution is 0.673. The predicted molar refractivity (Wildman–Crippen MR) is 223 cm³/mol. The second-order valence-corrected chi connectivity index (χ2v) is 13.7. The van der Waals surface area contributed by atoms with E-state index in [0.717, 1.165) is 61.0 Å². The van der Waals surface area contributed by atoms with Crippen LogP contribution >= 0.6 is 0 Å². The zero-order valence-corrected chi connectivity index (χ0v) is 28.8. The van der Waals surface area contributed by atoms with Crippen molar-refractivity contribution in [3.05, 3.63) is 194 Å². The Hall–Kier alpha value is -7.10. The maximum Gasteiger partial charge on any atom is 0.145 e. The van der Waals surface area contributed by atoms with Crippen molar-refractivity contribution < 1.29 is 4.42 Å². The van der Waals surface area contributed by atoms with E-state index in [1.165, 1.54) is 38.2 Å². The van der Waals surface area contributed by atoms with Gasteiger partial charge in [-0.05, 0) is 94.0 Å². The Bertz CT molecular complexity index is 3150. The molecule has 2 aromatic heterocycles. The lowest BCUT2D eigenvalue weighted by Crippen LogP contribution is -2.10. The fraction of sp³-hybridized carbons (Fsp3) is 0. The predicted octanol–water partition coefficient (Wildman–Crippen LogP) is 14.1. The highest BCUT2D eigenvalue weighted by Gasteiger charge is 2.20. The highest BCUT2D eigenvalue weighted by atomic mass is 16.3. The molecule has 0 bridgehead atoms. The maximum atomic E-state index is 6.66. The highest BCUT2D eigenvalue weighted by Crippen LogP contribution is 2.43. The summed E-state index contributed by atoms with van der Waals surface area (Å²) in [6.07, 6.45) is 0. The van der Waals surface area contributed by atoms with Crippen molar-refractivity contribution in [3.63, 3.8) is 0 Å². The van der Waals surface area contributed by atoms with E-state index in [1.54, 1.807) is 0 Å². The van der Waals surface area contributed by atoms with Gasteiger partial charge in [0.1, 0.15) is 11.2 Å². The van der Waals surface area contributed by atoms with Gasteiger partial charge in [-0.25, -0.2) is 0 Å². The number of benzene rings is 9. The van der Waals surface area contributed by atoms with Crippen molar-refractivity contribution >= 4 is 82.4 Å². The van der Waals surface area contributed by atoms with E-state index >= 15 is 0 Å². The molecule has 0 radical (unpaired) electrons. The third-order valence-electron chi connectivity index (χ3n) is 10.7. The SMILES string of the molecule is c1ccc(-c2ccc(N(c3ccc(-n4c5ccccc5c5ccc6ccc7c8ccccc8oc7c6c54)cc3)c3ccc4ccccc4c3)cc2)cc1. The minimum atomic E-state index is 0.907. The Morgan fingerprint density at radius 2 is 1.00 bits per heavy atom. The molecule has 53 heavy (non-hydrogen) atoms. The molecule has 0 aliphatic rings. The van der Waals surface area contributed by atoms with Gasteiger partial charge in [0.05, 0.1) is 11.0 Å². The second-order valence-electron chi connectivity index (χ2n) is 13.7. The molecule has 11 rings (SSSR count). The number of anilines is 3. The Labute approximate surface area is 306 Å². The van der Waals surface area contributed by atoms with Crippen LogP contribution in [0.3, 0.4) is 0 Å². The topological polar surface area (TPSA) is 21.3 Å². The van der Waals surface area contributed by atoms with Crippen LogP contribution in [0.1, 0.15) is 0 Å². The van der Waals surface area contributed by atoms with Crippen LogP contribution in [0.4, 0.5) is 17.1 Å². The van der Waals surface area contributed by atoms with E-state index in [4.69, 9.17) is 4.42 Å². The Morgan fingerprint density at radius 1 is 0.396 bits per heavy atom. The van der Waals surface area contributed by atoms with Gasteiger partial charge < -0.3 is 13.9 Å². The van der Waals surface area contributed by atoms with Crippen LogP contribution in [-0.4, -0.2) is 4.57 Å². The number of hydrogen-bond acceptors (Lipinski definition) is 2. The number of hydrogen-bond donors (Lipinski definition) is 0. The van der Waals surface area contributed by atoms with Crippen molar-refractivity contribution in [3.8, 4) is 16.8 Å². The molecule has 3 nitrogen and oxygen atoms in total. The summed E-state index contributed by atoms with van der Waals surface area (Å²) in [6.45, 7) is 0. The van der Waals surface area contributed by atoms with Crippen LogP contribution in [0.5, 0.6) is 0 Å². The number of nitrogens with zero attached hydrogens (tertiary/aromatic N) is 2. The van der Waals surface area contributed by atoms with Gasteiger partial charge in [-0.3, -0.25) is 0 Å². The molecule has 3 heteroatoms. The Morgan fingerprint density at radius 3 is 1.81 bits per heavy atom. The van der Waals surface area contributed by atoms with Crippen molar-refractivity contribution in [2.24, 2.45) is 0 Å². The molecule has 0 N–H and O–H groups in total. The summed E-state index contributed by atoms with van der Waals surface area (Å²) < 4.78 is 9.07. The summed E-state index contributed by atoms with van der Waals surface area (Å²) in [6, 6.07) is 69.7. The zero-order valence-electron chi connectivity index (χ0n) is 28.8. The number of para-hydroxylation sites is 2. The van der Waals surface area contributed by atoms with Gasteiger partial charge in [0.2, 0.25) is 0 Å². The molecule has 0 fully saturated rings. The van der Waals surface area contributed by atoms with Crippen LogP contribution in [0.15, 0.2) is 199 Å². The molecule has 0 saturated heterocycles. The monoisotopic (exact) mass is 676 g/mol. The quantitative estimate of drug-likeness (QED) is 0.181. The van der Waals surface area contributed by atoms with Gasteiger partial charge in [0.25, 0.3) is 0 Å². The molecule has 9 aromatic carbocycles. The smallest absolute Gasteiger partial charge is 0.145 e. The van der Waals surface area contributed by atoms with Gasteiger partial charge in [-0.2, -0.15) is 0 Å². The molecule has 0 atom stereocenters.